The second-order valence-corrected chi connectivity index (χ2v) is 6.46. The molecule has 3 rings (SSSR count). The molecule has 1 aromatic rings. The first-order chi connectivity index (χ1) is 10.1. The van der Waals surface area contributed by atoms with Gasteiger partial charge in [-0.25, -0.2) is 4.68 Å². The molecular weight excluding hydrogens is 272 g/mol. The van der Waals surface area contributed by atoms with Crippen LogP contribution in [0.15, 0.2) is 0 Å². The number of nitrogens with zero attached hydrogens (tertiary/aromatic N) is 4. The molecule has 0 spiro atoms. The minimum Gasteiger partial charge on any atom is -0.481 e. The van der Waals surface area contributed by atoms with Crippen molar-refractivity contribution >= 4 is 5.97 Å². The second-order valence-electron chi connectivity index (χ2n) is 6.46. The van der Waals surface area contributed by atoms with Crippen molar-refractivity contribution in [3.8, 4) is 0 Å². The third-order valence-corrected chi connectivity index (χ3v) is 4.91. The zero-order valence-corrected chi connectivity index (χ0v) is 12.4. The second kappa shape index (κ2) is 5.71. The van der Waals surface area contributed by atoms with Crippen LogP contribution in [-0.4, -0.2) is 37.9 Å². The van der Waals surface area contributed by atoms with Gasteiger partial charge in [-0.05, 0) is 54.9 Å². The molecule has 1 atom stereocenters. The summed E-state index contributed by atoms with van der Waals surface area (Å²) in [4.78, 5) is 11.8. The summed E-state index contributed by atoms with van der Waals surface area (Å²) in [5.41, 5.74) is -0.741. The number of carbonyl (C=O) groups is 1. The standard InChI is InChI=1S/C14H22N4O3/c1-10-4-6-14(7-5-10,13(19)20)9-18-12(15-16-17-18)11-3-2-8-21-11/h10-11H,2-9H2,1H3,(H,19,20). The maximum absolute atomic E-state index is 11.8. The summed E-state index contributed by atoms with van der Waals surface area (Å²) < 4.78 is 7.28. The molecule has 1 aliphatic carbocycles. The van der Waals surface area contributed by atoms with Gasteiger partial charge in [-0.3, -0.25) is 4.79 Å². The average Bonchev–Trinajstić information content (AvgIpc) is 3.12. The van der Waals surface area contributed by atoms with Gasteiger partial charge in [0.15, 0.2) is 5.82 Å². The zero-order valence-electron chi connectivity index (χ0n) is 12.4. The number of rotatable bonds is 4. The van der Waals surface area contributed by atoms with E-state index in [0.29, 0.717) is 31.1 Å². The molecule has 1 saturated carbocycles. The molecule has 2 heterocycles. The molecule has 2 aliphatic rings. The van der Waals surface area contributed by atoms with Gasteiger partial charge in [0.2, 0.25) is 0 Å². The van der Waals surface area contributed by atoms with Gasteiger partial charge in [0.25, 0.3) is 0 Å². The Labute approximate surface area is 123 Å². The van der Waals surface area contributed by atoms with Crippen molar-refractivity contribution in [2.45, 2.75) is 58.1 Å². The number of ether oxygens (including phenoxy) is 1. The number of hydrogen-bond donors (Lipinski definition) is 1. The van der Waals surface area contributed by atoms with E-state index in [1.54, 1.807) is 4.68 Å². The SMILES string of the molecule is CC1CCC(Cn2nnnc2C2CCCO2)(C(=O)O)CC1. The summed E-state index contributed by atoms with van der Waals surface area (Å²) in [6.45, 7) is 3.25. The van der Waals surface area contributed by atoms with E-state index in [-0.39, 0.29) is 6.10 Å². The Balaban J connectivity index is 1.80. The summed E-state index contributed by atoms with van der Waals surface area (Å²) in [5, 5.41) is 21.5. The van der Waals surface area contributed by atoms with Crippen LogP contribution in [0.1, 0.15) is 57.4 Å². The Bertz CT molecular complexity index is 502. The van der Waals surface area contributed by atoms with Crippen molar-refractivity contribution in [1.82, 2.24) is 20.2 Å². The summed E-state index contributed by atoms with van der Waals surface area (Å²) in [6, 6.07) is 0. The fourth-order valence-corrected chi connectivity index (χ4v) is 3.38. The number of aliphatic carboxylic acids is 1. The van der Waals surface area contributed by atoms with Crippen LogP contribution in [0.2, 0.25) is 0 Å². The molecule has 1 aromatic heterocycles. The van der Waals surface area contributed by atoms with E-state index in [4.69, 9.17) is 4.74 Å². The molecule has 0 bridgehead atoms. The lowest BCUT2D eigenvalue weighted by Crippen LogP contribution is -2.39. The normalized spacial score (nSPS) is 33.2. The molecule has 2 fully saturated rings. The van der Waals surface area contributed by atoms with Crippen molar-refractivity contribution in [3.05, 3.63) is 5.82 Å². The Kier molecular flexibility index (Phi) is 3.93. The highest BCUT2D eigenvalue weighted by Crippen LogP contribution is 2.41. The maximum atomic E-state index is 11.8. The molecule has 116 valence electrons. The lowest BCUT2D eigenvalue weighted by Gasteiger charge is -2.35. The highest BCUT2D eigenvalue weighted by molar-refractivity contribution is 5.74. The van der Waals surface area contributed by atoms with Crippen LogP contribution in [0, 0.1) is 11.3 Å². The average molecular weight is 294 g/mol. The van der Waals surface area contributed by atoms with E-state index in [2.05, 4.69) is 22.4 Å². The highest BCUT2D eigenvalue weighted by atomic mass is 16.5. The molecule has 21 heavy (non-hydrogen) atoms. The minimum atomic E-state index is -0.741. The first-order valence-corrected chi connectivity index (χ1v) is 7.72. The van der Waals surface area contributed by atoms with Crippen molar-refractivity contribution < 1.29 is 14.6 Å². The van der Waals surface area contributed by atoms with Gasteiger partial charge in [-0.2, -0.15) is 0 Å². The monoisotopic (exact) mass is 294 g/mol. The van der Waals surface area contributed by atoms with E-state index in [0.717, 1.165) is 32.3 Å². The Morgan fingerprint density at radius 1 is 1.43 bits per heavy atom. The van der Waals surface area contributed by atoms with Gasteiger partial charge in [0.05, 0.1) is 12.0 Å². The van der Waals surface area contributed by atoms with Gasteiger partial charge >= 0.3 is 5.97 Å². The number of carboxylic acid groups (broad SMARTS) is 1. The van der Waals surface area contributed by atoms with Crippen LogP contribution >= 0.6 is 0 Å². The fraction of sp³-hybridized carbons (Fsp3) is 0.857. The Morgan fingerprint density at radius 3 is 2.81 bits per heavy atom. The van der Waals surface area contributed by atoms with E-state index >= 15 is 0 Å². The quantitative estimate of drug-likeness (QED) is 0.910. The van der Waals surface area contributed by atoms with Crippen LogP contribution in [0.3, 0.4) is 0 Å². The molecule has 0 amide bonds. The van der Waals surface area contributed by atoms with E-state index in [1.807, 2.05) is 0 Å². The largest absolute Gasteiger partial charge is 0.481 e. The zero-order chi connectivity index (χ0) is 14.9. The lowest BCUT2D eigenvalue weighted by atomic mass is 9.71. The van der Waals surface area contributed by atoms with Crippen molar-refractivity contribution in [3.63, 3.8) is 0 Å². The molecular formula is C14H22N4O3. The number of carboxylic acids is 1. The molecule has 1 unspecified atom stereocenters. The van der Waals surface area contributed by atoms with Crippen molar-refractivity contribution in [1.29, 1.82) is 0 Å². The summed E-state index contributed by atoms with van der Waals surface area (Å²) in [7, 11) is 0. The van der Waals surface area contributed by atoms with Crippen LogP contribution in [-0.2, 0) is 16.1 Å². The fourth-order valence-electron chi connectivity index (χ4n) is 3.38. The number of hydrogen-bond acceptors (Lipinski definition) is 5. The number of tetrazole rings is 1. The lowest BCUT2D eigenvalue weighted by molar-refractivity contribution is -0.153. The van der Waals surface area contributed by atoms with Crippen LogP contribution in [0.5, 0.6) is 0 Å². The van der Waals surface area contributed by atoms with Gasteiger partial charge in [0.1, 0.15) is 6.10 Å². The summed E-state index contributed by atoms with van der Waals surface area (Å²) in [5.74, 6) is 0.541. The van der Waals surface area contributed by atoms with E-state index in [9.17, 15) is 9.90 Å². The van der Waals surface area contributed by atoms with Crippen LogP contribution in [0.25, 0.3) is 0 Å². The van der Waals surface area contributed by atoms with Crippen LogP contribution < -0.4 is 0 Å². The number of aromatic nitrogens is 4. The van der Waals surface area contributed by atoms with Gasteiger partial charge in [-0.15, -0.1) is 5.10 Å². The maximum Gasteiger partial charge on any atom is 0.311 e. The van der Waals surface area contributed by atoms with E-state index < -0.39 is 11.4 Å². The smallest absolute Gasteiger partial charge is 0.311 e. The topological polar surface area (TPSA) is 90.1 Å². The molecule has 7 heteroatoms. The molecule has 0 radical (unpaired) electrons. The first kappa shape index (κ1) is 14.4. The van der Waals surface area contributed by atoms with E-state index in [1.165, 1.54) is 0 Å². The molecule has 1 N–H and O–H groups in total. The third kappa shape index (κ3) is 2.79. The van der Waals surface area contributed by atoms with Crippen molar-refractivity contribution in [2.24, 2.45) is 11.3 Å². The summed E-state index contributed by atoms with van der Waals surface area (Å²) >= 11 is 0. The molecule has 0 aromatic carbocycles. The van der Waals surface area contributed by atoms with Gasteiger partial charge < -0.3 is 9.84 Å². The summed E-state index contributed by atoms with van der Waals surface area (Å²) in [6.07, 6.45) is 5.08. The molecule has 1 saturated heterocycles. The first-order valence-electron chi connectivity index (χ1n) is 7.72. The molecule has 7 nitrogen and oxygen atoms in total. The van der Waals surface area contributed by atoms with Crippen LogP contribution in [0.4, 0.5) is 0 Å². The van der Waals surface area contributed by atoms with Gasteiger partial charge in [0, 0.05) is 6.61 Å². The Hall–Kier alpha value is -1.50. The van der Waals surface area contributed by atoms with Crippen molar-refractivity contribution in [2.75, 3.05) is 6.61 Å². The predicted octanol–water partition coefficient (Wildman–Crippen LogP) is 1.81. The predicted molar refractivity (Wildman–Crippen MR) is 73.4 cm³/mol. The minimum absolute atomic E-state index is 0.0895. The highest BCUT2D eigenvalue weighted by Gasteiger charge is 2.43. The molecule has 1 aliphatic heterocycles. The third-order valence-electron chi connectivity index (χ3n) is 4.91. The Morgan fingerprint density at radius 2 is 2.19 bits per heavy atom. The van der Waals surface area contributed by atoms with Gasteiger partial charge in [-0.1, -0.05) is 6.92 Å².